The number of fused-ring (bicyclic) bond motifs is 1. The molecule has 0 aromatic heterocycles. The van der Waals surface area contributed by atoms with E-state index in [-0.39, 0.29) is 29.0 Å². The van der Waals surface area contributed by atoms with E-state index >= 15 is 0 Å². The molecule has 1 saturated carbocycles. The highest BCUT2D eigenvalue weighted by Gasteiger charge is 2.50. The minimum absolute atomic E-state index is 0.0735. The Hall–Kier alpha value is -2.41. The summed E-state index contributed by atoms with van der Waals surface area (Å²) in [4.78, 5) is 13.4. The van der Waals surface area contributed by atoms with Crippen LogP contribution in [-0.2, 0) is 28.5 Å². The molecule has 2 saturated heterocycles. The van der Waals surface area contributed by atoms with Crippen LogP contribution in [0.5, 0.6) is 11.5 Å². The van der Waals surface area contributed by atoms with Gasteiger partial charge in [0.1, 0.15) is 42.2 Å². The largest absolute Gasteiger partial charge is 0.496 e. The summed E-state index contributed by atoms with van der Waals surface area (Å²) in [7, 11) is 2.91. The van der Waals surface area contributed by atoms with Crippen molar-refractivity contribution in [2.24, 2.45) is 5.92 Å². The lowest BCUT2D eigenvalue weighted by atomic mass is 9.76. The van der Waals surface area contributed by atoms with E-state index < -0.39 is 86.6 Å². The molecule has 0 bridgehead atoms. The first-order valence-electron chi connectivity index (χ1n) is 13.9. The van der Waals surface area contributed by atoms with Gasteiger partial charge in [0.05, 0.1) is 56.9 Å². The van der Waals surface area contributed by atoms with E-state index in [2.05, 4.69) is 0 Å². The van der Waals surface area contributed by atoms with Crippen LogP contribution in [0.1, 0.15) is 18.4 Å². The maximum absolute atomic E-state index is 13.4. The highest BCUT2D eigenvalue weighted by molar-refractivity contribution is 6.22. The highest BCUT2D eigenvalue weighted by Crippen LogP contribution is 2.40. The van der Waals surface area contributed by atoms with Gasteiger partial charge >= 0.3 is 0 Å². The number of carbonyl (C=O) groups is 1. The molecule has 3 heterocycles. The van der Waals surface area contributed by atoms with Gasteiger partial charge in [0.25, 0.3) is 0 Å². The Bertz CT molecular complexity index is 1180. The molecule has 0 amide bonds. The molecule has 3 aliphatic heterocycles. The zero-order chi connectivity index (χ0) is 31.1. The van der Waals surface area contributed by atoms with E-state index in [0.717, 1.165) is 0 Å². The monoisotopic (exact) mass is 614 g/mol. The zero-order valence-electron chi connectivity index (χ0n) is 23.6. The molecule has 12 unspecified atom stereocenters. The Kier molecular flexibility index (Phi) is 9.60. The molecular weight excluding hydrogens is 576 g/mol. The van der Waals surface area contributed by atoms with E-state index in [1.807, 2.05) is 0 Å². The molecule has 0 radical (unpaired) electrons. The summed E-state index contributed by atoms with van der Waals surface area (Å²) in [6.07, 6.45) is -10.3. The minimum atomic E-state index is -1.92. The van der Waals surface area contributed by atoms with Crippen LogP contribution in [0.3, 0.4) is 0 Å². The molecule has 5 rings (SSSR count). The SMILES string of the molecule is COc1cc(C2=COC3CC(OC)CC(O)C3C2=O)ccc1OC1OC(COC2OCC(O)(CO)C2O)C(O)C(O)C1O. The van der Waals surface area contributed by atoms with E-state index in [4.69, 9.17) is 33.2 Å². The number of Topliss-reactive ketones (excluding diaryl/α,β-unsaturated/α-hetero) is 1. The van der Waals surface area contributed by atoms with Crippen molar-refractivity contribution in [3.63, 3.8) is 0 Å². The Morgan fingerprint density at radius 1 is 1.00 bits per heavy atom. The molecule has 1 aromatic carbocycles. The van der Waals surface area contributed by atoms with Gasteiger partial charge in [0.2, 0.25) is 6.29 Å². The fourth-order valence-electron chi connectivity index (χ4n) is 5.78. The smallest absolute Gasteiger partial charge is 0.229 e. The van der Waals surface area contributed by atoms with Gasteiger partial charge in [-0.05, 0) is 17.7 Å². The number of aliphatic hydroxyl groups excluding tert-OH is 6. The molecule has 0 spiro atoms. The molecule has 15 heteroatoms. The van der Waals surface area contributed by atoms with Crippen molar-refractivity contribution in [3.8, 4) is 11.5 Å². The summed E-state index contributed by atoms with van der Waals surface area (Å²) in [6, 6.07) is 4.53. The molecule has 3 fully saturated rings. The number of allylic oxidation sites excluding steroid dienone is 1. The molecule has 4 aliphatic rings. The first-order chi connectivity index (χ1) is 20.5. The number of methoxy groups -OCH3 is 2. The second-order valence-electron chi connectivity index (χ2n) is 11.2. The quantitative estimate of drug-likeness (QED) is 0.152. The van der Waals surface area contributed by atoms with Gasteiger partial charge in [-0.2, -0.15) is 0 Å². The maximum Gasteiger partial charge on any atom is 0.229 e. The highest BCUT2D eigenvalue weighted by atomic mass is 16.7. The van der Waals surface area contributed by atoms with Gasteiger partial charge < -0.3 is 68.9 Å². The number of ketones is 1. The molecule has 1 aliphatic carbocycles. The van der Waals surface area contributed by atoms with Gasteiger partial charge in [0, 0.05) is 20.0 Å². The van der Waals surface area contributed by atoms with Gasteiger partial charge in [-0.25, -0.2) is 0 Å². The second-order valence-corrected chi connectivity index (χ2v) is 11.2. The van der Waals surface area contributed by atoms with Gasteiger partial charge in [-0.1, -0.05) is 6.07 Å². The lowest BCUT2D eigenvalue weighted by Crippen LogP contribution is -2.60. The van der Waals surface area contributed by atoms with E-state index in [1.54, 1.807) is 13.2 Å². The predicted octanol–water partition coefficient (Wildman–Crippen LogP) is -2.57. The third-order valence-electron chi connectivity index (χ3n) is 8.47. The van der Waals surface area contributed by atoms with Crippen molar-refractivity contribution in [3.05, 3.63) is 30.0 Å². The van der Waals surface area contributed by atoms with Crippen LogP contribution in [0.4, 0.5) is 0 Å². The Labute approximate surface area is 246 Å². The van der Waals surface area contributed by atoms with Crippen molar-refractivity contribution < 1.29 is 73.7 Å². The first kappa shape index (κ1) is 32.0. The minimum Gasteiger partial charge on any atom is -0.496 e. The van der Waals surface area contributed by atoms with E-state index in [1.165, 1.54) is 25.5 Å². The summed E-state index contributed by atoms with van der Waals surface area (Å²) in [5.41, 5.74) is -1.26. The number of hydrogen-bond acceptors (Lipinski definition) is 15. The summed E-state index contributed by atoms with van der Waals surface area (Å²) in [5.74, 6) is -0.815. The predicted molar refractivity (Wildman–Crippen MR) is 141 cm³/mol. The summed E-state index contributed by atoms with van der Waals surface area (Å²) in [6.45, 7) is -1.61. The third-order valence-corrected chi connectivity index (χ3v) is 8.47. The summed E-state index contributed by atoms with van der Waals surface area (Å²) >= 11 is 0. The van der Waals surface area contributed by atoms with Crippen LogP contribution >= 0.6 is 0 Å². The molecule has 7 N–H and O–H groups in total. The Morgan fingerprint density at radius 2 is 1.77 bits per heavy atom. The van der Waals surface area contributed by atoms with Crippen molar-refractivity contribution in [2.75, 3.05) is 34.0 Å². The van der Waals surface area contributed by atoms with Crippen molar-refractivity contribution in [1.82, 2.24) is 0 Å². The fraction of sp³-hybridized carbons (Fsp3) is 0.679. The van der Waals surface area contributed by atoms with Crippen LogP contribution in [0.2, 0.25) is 0 Å². The lowest BCUT2D eigenvalue weighted by Gasteiger charge is -2.40. The van der Waals surface area contributed by atoms with Crippen molar-refractivity contribution in [2.45, 2.75) is 79.9 Å². The second kappa shape index (κ2) is 12.9. The number of carbonyl (C=O) groups excluding carboxylic acids is 1. The van der Waals surface area contributed by atoms with Crippen molar-refractivity contribution >= 4 is 11.4 Å². The van der Waals surface area contributed by atoms with E-state index in [9.17, 15) is 40.5 Å². The average Bonchev–Trinajstić information content (AvgIpc) is 3.30. The van der Waals surface area contributed by atoms with Crippen LogP contribution < -0.4 is 9.47 Å². The van der Waals surface area contributed by atoms with Gasteiger partial charge in [-0.3, -0.25) is 4.79 Å². The van der Waals surface area contributed by atoms with Crippen LogP contribution in [0, 0.1) is 5.92 Å². The molecule has 12 atom stereocenters. The summed E-state index contributed by atoms with van der Waals surface area (Å²) < 4.78 is 38.7. The number of aliphatic hydroxyl groups is 7. The summed E-state index contributed by atoms with van der Waals surface area (Å²) in [5, 5.41) is 71.7. The molecular formula is C28H38O15. The normalized spacial score (nSPS) is 41.3. The van der Waals surface area contributed by atoms with Crippen LogP contribution in [0.15, 0.2) is 24.5 Å². The Morgan fingerprint density at radius 3 is 2.44 bits per heavy atom. The standard InChI is InChI=1S/C28H38O15/c1-37-13-6-15(30)20-18(7-13)39-8-14(21(20)31)12-3-4-16(17(5-12)38-2)42-26-24(34)23(33)22(32)19(43-26)9-40-27-25(35)28(36,10-29)11-41-27/h3-5,8,13,15,18-20,22-27,29-30,32-36H,6-7,9-11H2,1-2H3. The Balaban J connectivity index is 1.28. The average molecular weight is 615 g/mol. The van der Waals surface area contributed by atoms with Crippen LogP contribution in [0.25, 0.3) is 5.57 Å². The number of rotatable bonds is 9. The number of hydrogen-bond donors (Lipinski definition) is 7. The molecule has 240 valence electrons. The molecule has 1 aromatic rings. The fourth-order valence-corrected chi connectivity index (χ4v) is 5.78. The van der Waals surface area contributed by atoms with Gasteiger partial charge in [0.15, 0.2) is 23.6 Å². The van der Waals surface area contributed by atoms with Crippen molar-refractivity contribution in [1.29, 1.82) is 0 Å². The molecule has 43 heavy (non-hydrogen) atoms. The van der Waals surface area contributed by atoms with Gasteiger partial charge in [-0.15, -0.1) is 0 Å². The number of benzene rings is 1. The lowest BCUT2D eigenvalue weighted by molar-refractivity contribution is -0.289. The molecule has 15 nitrogen and oxygen atoms in total. The maximum atomic E-state index is 13.4. The van der Waals surface area contributed by atoms with Crippen LogP contribution in [-0.4, -0.2) is 143 Å². The van der Waals surface area contributed by atoms with E-state index in [0.29, 0.717) is 18.4 Å². The zero-order valence-corrected chi connectivity index (χ0v) is 23.6. The third kappa shape index (κ3) is 6.12. The number of ether oxygens (including phenoxy) is 7. The topological polar surface area (TPSA) is 223 Å². The first-order valence-corrected chi connectivity index (χ1v) is 13.9.